The zero-order valence-electron chi connectivity index (χ0n) is 13.6. The second-order valence-corrected chi connectivity index (χ2v) is 6.64. The topological polar surface area (TPSA) is 101 Å². The molecule has 4 rings (SSSR count). The standard InChI is InChI=1S/C17H20BNO6/c20-17(13-8-11-5-6-15(13)24-11)19-16(25-18(21)22)7-10-9-23-14-4-2-1-3-12(10)14/h1-4,9,11,13,15-16,21-22H,5-8H2,(H,19,20)/t11-,13+,15+,16-/m0/s1. The van der Waals surface area contributed by atoms with Crippen molar-refractivity contribution in [1.82, 2.24) is 5.32 Å². The molecule has 0 radical (unpaired) electrons. The van der Waals surface area contributed by atoms with Gasteiger partial charge in [-0.2, -0.15) is 0 Å². The fourth-order valence-electron chi connectivity index (χ4n) is 3.85. The Labute approximate surface area is 145 Å². The van der Waals surface area contributed by atoms with Crippen LogP contribution in [0.5, 0.6) is 0 Å². The Morgan fingerprint density at radius 2 is 2.20 bits per heavy atom. The van der Waals surface area contributed by atoms with Crippen molar-refractivity contribution in [3.63, 3.8) is 0 Å². The summed E-state index contributed by atoms with van der Waals surface area (Å²) < 4.78 is 16.3. The average Bonchev–Trinajstić information content (AvgIpc) is 3.30. The predicted molar refractivity (Wildman–Crippen MR) is 89.1 cm³/mol. The Hall–Kier alpha value is -1.87. The third-order valence-corrected chi connectivity index (χ3v) is 5.00. The Kier molecular flexibility index (Phi) is 4.51. The second-order valence-electron chi connectivity index (χ2n) is 6.64. The van der Waals surface area contributed by atoms with Crippen molar-refractivity contribution in [2.75, 3.05) is 0 Å². The first-order valence-electron chi connectivity index (χ1n) is 8.52. The van der Waals surface area contributed by atoms with Gasteiger partial charge in [0.2, 0.25) is 5.91 Å². The van der Waals surface area contributed by atoms with Gasteiger partial charge in [0.05, 0.1) is 24.4 Å². The molecule has 2 saturated heterocycles. The fraction of sp³-hybridized carbons (Fsp3) is 0.471. The van der Waals surface area contributed by atoms with Crippen molar-refractivity contribution in [2.24, 2.45) is 5.92 Å². The number of hydrogen-bond donors (Lipinski definition) is 3. The Morgan fingerprint density at radius 1 is 1.36 bits per heavy atom. The molecule has 2 fully saturated rings. The molecular weight excluding hydrogens is 325 g/mol. The van der Waals surface area contributed by atoms with Crippen LogP contribution in [0.1, 0.15) is 24.8 Å². The molecule has 0 unspecified atom stereocenters. The lowest BCUT2D eigenvalue weighted by Gasteiger charge is -2.23. The second kappa shape index (κ2) is 6.80. The molecule has 1 aromatic heterocycles. The zero-order valence-corrected chi connectivity index (χ0v) is 13.6. The van der Waals surface area contributed by atoms with Crippen molar-refractivity contribution in [1.29, 1.82) is 0 Å². The van der Waals surface area contributed by atoms with E-state index < -0.39 is 13.5 Å². The van der Waals surface area contributed by atoms with E-state index in [1.165, 1.54) is 0 Å². The molecule has 25 heavy (non-hydrogen) atoms. The van der Waals surface area contributed by atoms with Gasteiger partial charge in [-0.3, -0.25) is 4.79 Å². The lowest BCUT2D eigenvalue weighted by Crippen LogP contribution is -2.46. The van der Waals surface area contributed by atoms with Crippen molar-refractivity contribution in [3.8, 4) is 0 Å². The first-order valence-corrected chi connectivity index (χ1v) is 8.52. The largest absolute Gasteiger partial charge is 0.635 e. The van der Waals surface area contributed by atoms with Gasteiger partial charge in [-0.05, 0) is 25.3 Å². The number of rotatable bonds is 6. The van der Waals surface area contributed by atoms with Crippen molar-refractivity contribution >= 4 is 24.2 Å². The highest BCUT2D eigenvalue weighted by Crippen LogP contribution is 2.38. The average molecular weight is 345 g/mol. The first-order chi connectivity index (χ1) is 12.1. The molecule has 3 N–H and O–H groups in total. The van der Waals surface area contributed by atoms with E-state index in [0.717, 1.165) is 29.4 Å². The smallest absolute Gasteiger partial charge is 0.464 e. The maximum absolute atomic E-state index is 12.6. The first kappa shape index (κ1) is 16.6. The summed E-state index contributed by atoms with van der Waals surface area (Å²) in [6.07, 6.45) is 3.72. The minimum atomic E-state index is -1.97. The number of para-hydroxylation sites is 1. The van der Waals surface area contributed by atoms with E-state index in [0.29, 0.717) is 6.42 Å². The molecule has 7 nitrogen and oxygen atoms in total. The van der Waals surface area contributed by atoms with Crippen LogP contribution in [0, 0.1) is 5.92 Å². The molecule has 2 aliphatic rings. The molecule has 132 valence electrons. The van der Waals surface area contributed by atoms with Crippen LogP contribution >= 0.6 is 0 Å². The van der Waals surface area contributed by atoms with E-state index >= 15 is 0 Å². The third-order valence-electron chi connectivity index (χ3n) is 5.00. The Bertz CT molecular complexity index is 762. The van der Waals surface area contributed by atoms with Gasteiger partial charge in [-0.15, -0.1) is 0 Å². The van der Waals surface area contributed by atoms with Gasteiger partial charge in [-0.25, -0.2) is 0 Å². The summed E-state index contributed by atoms with van der Waals surface area (Å²) in [6, 6.07) is 7.52. The highest BCUT2D eigenvalue weighted by Gasteiger charge is 2.44. The third kappa shape index (κ3) is 3.43. The van der Waals surface area contributed by atoms with E-state index in [1.54, 1.807) is 6.26 Å². The summed E-state index contributed by atoms with van der Waals surface area (Å²) in [5.74, 6) is -0.382. The van der Waals surface area contributed by atoms with Gasteiger partial charge < -0.3 is 29.2 Å². The Morgan fingerprint density at radius 3 is 2.92 bits per heavy atom. The van der Waals surface area contributed by atoms with Crippen LogP contribution < -0.4 is 5.32 Å². The number of fused-ring (bicyclic) bond motifs is 3. The normalized spacial score (nSPS) is 26.1. The fourth-order valence-corrected chi connectivity index (χ4v) is 3.85. The molecule has 1 aromatic carbocycles. The van der Waals surface area contributed by atoms with Gasteiger partial charge in [-0.1, -0.05) is 18.2 Å². The number of nitrogens with one attached hydrogen (secondary N) is 1. The van der Waals surface area contributed by atoms with Crippen LogP contribution in [-0.2, 0) is 20.6 Å². The van der Waals surface area contributed by atoms with E-state index in [1.807, 2.05) is 24.3 Å². The maximum Gasteiger partial charge on any atom is 0.635 e. The molecule has 3 heterocycles. The number of hydrogen-bond acceptors (Lipinski definition) is 6. The number of carbonyl (C=O) groups is 1. The highest BCUT2D eigenvalue weighted by molar-refractivity contribution is 6.32. The number of amides is 1. The zero-order chi connectivity index (χ0) is 17.4. The lowest BCUT2D eigenvalue weighted by atomic mass is 9.88. The van der Waals surface area contributed by atoms with E-state index in [-0.39, 0.29) is 30.5 Å². The molecule has 2 bridgehead atoms. The summed E-state index contributed by atoms with van der Waals surface area (Å²) >= 11 is 0. The molecule has 0 aliphatic carbocycles. The van der Waals surface area contributed by atoms with Gasteiger partial charge in [0.25, 0.3) is 0 Å². The SMILES string of the molecule is O=C(N[C@H](Cc1coc2ccccc12)OB(O)O)[C@@H]1C[C@@H]2CC[C@H]1O2. The molecule has 2 aromatic rings. The van der Waals surface area contributed by atoms with Crippen molar-refractivity contribution < 1.29 is 28.7 Å². The van der Waals surface area contributed by atoms with Crippen molar-refractivity contribution in [2.45, 2.75) is 44.1 Å². The number of benzene rings is 1. The van der Waals surface area contributed by atoms with Crippen LogP contribution in [0.15, 0.2) is 34.9 Å². The molecular formula is C17H20BNO6. The summed E-state index contributed by atoms with van der Waals surface area (Å²) in [5, 5.41) is 22.0. The summed E-state index contributed by atoms with van der Waals surface area (Å²) in [5.41, 5.74) is 1.55. The number of furan rings is 1. The monoisotopic (exact) mass is 345 g/mol. The molecule has 2 aliphatic heterocycles. The van der Waals surface area contributed by atoms with E-state index in [9.17, 15) is 14.8 Å². The van der Waals surface area contributed by atoms with E-state index in [2.05, 4.69) is 5.32 Å². The molecule has 1 amide bonds. The van der Waals surface area contributed by atoms with Crippen LogP contribution in [0.2, 0.25) is 0 Å². The molecule has 0 spiro atoms. The van der Waals surface area contributed by atoms with Crippen LogP contribution in [0.4, 0.5) is 0 Å². The molecule has 8 heteroatoms. The van der Waals surface area contributed by atoms with Crippen molar-refractivity contribution in [3.05, 3.63) is 36.1 Å². The minimum absolute atomic E-state index is 0.0422. The van der Waals surface area contributed by atoms with Crippen LogP contribution in [0.25, 0.3) is 11.0 Å². The maximum atomic E-state index is 12.6. The summed E-state index contributed by atoms with van der Waals surface area (Å²) in [6.45, 7) is 0. The van der Waals surface area contributed by atoms with Crippen LogP contribution in [-0.4, -0.2) is 41.7 Å². The molecule has 0 saturated carbocycles. The predicted octanol–water partition coefficient (Wildman–Crippen LogP) is 0.971. The number of ether oxygens (including phenoxy) is 1. The van der Waals surface area contributed by atoms with Gasteiger partial charge >= 0.3 is 7.32 Å². The molecule has 4 atom stereocenters. The summed E-state index contributed by atoms with van der Waals surface area (Å²) in [4.78, 5) is 12.6. The quantitative estimate of drug-likeness (QED) is 0.533. The van der Waals surface area contributed by atoms with Gasteiger partial charge in [0.15, 0.2) is 0 Å². The van der Waals surface area contributed by atoms with Gasteiger partial charge in [0.1, 0.15) is 11.8 Å². The highest BCUT2D eigenvalue weighted by atomic mass is 16.6. The summed E-state index contributed by atoms with van der Waals surface area (Å²) in [7, 11) is -1.97. The number of carbonyl (C=O) groups excluding carboxylic acids is 1. The van der Waals surface area contributed by atoms with Gasteiger partial charge in [0, 0.05) is 17.4 Å². The van der Waals surface area contributed by atoms with E-state index in [4.69, 9.17) is 13.8 Å². The lowest BCUT2D eigenvalue weighted by molar-refractivity contribution is -0.129. The minimum Gasteiger partial charge on any atom is -0.464 e. The Balaban J connectivity index is 1.47. The van der Waals surface area contributed by atoms with Crippen LogP contribution in [0.3, 0.4) is 0 Å².